The molecule has 1 fully saturated rings. The molecule has 0 spiro atoms. The lowest BCUT2D eigenvalue weighted by atomic mass is 10.1. The number of hydrogen-bond donors (Lipinski definition) is 1. The molecule has 0 N–H and O–H groups in total. The molecule has 1 heterocycles. The lowest BCUT2D eigenvalue weighted by Crippen LogP contribution is -2.23. The van der Waals surface area contributed by atoms with E-state index in [0.29, 0.717) is 5.75 Å². The highest BCUT2D eigenvalue weighted by atomic mass is 32.1. The molecule has 1 unspecified atom stereocenters. The third-order valence-corrected chi connectivity index (χ3v) is 2.20. The van der Waals surface area contributed by atoms with Crippen molar-refractivity contribution >= 4 is 18.5 Å². The maximum Gasteiger partial charge on any atom is 0.226 e. The first kappa shape index (κ1) is 6.93. The van der Waals surface area contributed by atoms with Gasteiger partial charge < -0.3 is 4.90 Å². The Hall–Kier alpha value is -0.180. The van der Waals surface area contributed by atoms with Gasteiger partial charge in [0, 0.05) is 25.3 Å². The van der Waals surface area contributed by atoms with Gasteiger partial charge in [0.2, 0.25) is 5.91 Å². The summed E-state index contributed by atoms with van der Waals surface area (Å²) in [5, 5.41) is 0. The maximum absolute atomic E-state index is 11.0. The van der Waals surface area contributed by atoms with Crippen molar-refractivity contribution in [3.8, 4) is 0 Å². The molecule has 0 radical (unpaired) electrons. The van der Waals surface area contributed by atoms with Gasteiger partial charge in [0.1, 0.15) is 0 Å². The molecular formula is C6H11NOS. The molecule has 2 nitrogen and oxygen atoms in total. The molecule has 1 aliphatic rings. The summed E-state index contributed by atoms with van der Waals surface area (Å²) < 4.78 is 0. The lowest BCUT2D eigenvalue weighted by molar-refractivity contribution is -0.129. The van der Waals surface area contributed by atoms with Crippen LogP contribution in [0, 0.1) is 5.92 Å². The van der Waals surface area contributed by atoms with Crippen LogP contribution in [-0.2, 0) is 4.79 Å². The Morgan fingerprint density at radius 3 is 2.78 bits per heavy atom. The Balaban J connectivity index is 2.51. The summed E-state index contributed by atoms with van der Waals surface area (Å²) >= 11 is 4.07. The highest BCUT2D eigenvalue weighted by molar-refractivity contribution is 7.80. The molecular weight excluding hydrogens is 134 g/mol. The molecule has 0 aromatic carbocycles. The van der Waals surface area contributed by atoms with Gasteiger partial charge in [0.25, 0.3) is 0 Å². The molecule has 1 amide bonds. The zero-order chi connectivity index (χ0) is 6.85. The summed E-state index contributed by atoms with van der Waals surface area (Å²) in [6.45, 7) is 0.907. The summed E-state index contributed by atoms with van der Waals surface area (Å²) in [4.78, 5) is 12.8. The Kier molecular flexibility index (Phi) is 2.01. The fourth-order valence-electron chi connectivity index (χ4n) is 1.06. The van der Waals surface area contributed by atoms with Crippen LogP contribution in [0.4, 0.5) is 0 Å². The first-order chi connectivity index (χ1) is 4.25. The van der Waals surface area contributed by atoms with Crippen LogP contribution in [0.3, 0.4) is 0 Å². The van der Waals surface area contributed by atoms with Gasteiger partial charge >= 0.3 is 0 Å². The quantitative estimate of drug-likeness (QED) is 0.529. The van der Waals surface area contributed by atoms with Crippen LogP contribution < -0.4 is 0 Å². The smallest absolute Gasteiger partial charge is 0.226 e. The van der Waals surface area contributed by atoms with Crippen molar-refractivity contribution in [2.45, 2.75) is 6.42 Å². The molecule has 0 aromatic rings. The first-order valence-electron chi connectivity index (χ1n) is 3.11. The average Bonchev–Trinajstić information content (AvgIpc) is 2.15. The average molecular weight is 145 g/mol. The normalized spacial score (nSPS) is 27.6. The van der Waals surface area contributed by atoms with Gasteiger partial charge in [-0.25, -0.2) is 0 Å². The largest absolute Gasteiger partial charge is 0.345 e. The summed E-state index contributed by atoms with van der Waals surface area (Å²) in [7, 11) is 1.84. The number of carbonyl (C=O) groups excluding carboxylic acids is 1. The Labute approximate surface area is 60.6 Å². The van der Waals surface area contributed by atoms with E-state index in [1.54, 1.807) is 4.90 Å². The number of likely N-dealkylation sites (tertiary alicyclic amines) is 1. The van der Waals surface area contributed by atoms with Crippen LogP contribution >= 0.6 is 12.6 Å². The highest BCUT2D eigenvalue weighted by Gasteiger charge is 2.26. The molecule has 1 aliphatic heterocycles. The minimum atomic E-state index is 0.193. The summed E-state index contributed by atoms with van der Waals surface area (Å²) in [5.74, 6) is 1.15. The van der Waals surface area contributed by atoms with Gasteiger partial charge in [-0.3, -0.25) is 4.79 Å². The fraction of sp³-hybridized carbons (Fsp3) is 0.833. The van der Waals surface area contributed by atoms with Gasteiger partial charge in [-0.2, -0.15) is 12.6 Å². The van der Waals surface area contributed by atoms with Crippen LogP contribution in [0.2, 0.25) is 0 Å². The first-order valence-corrected chi connectivity index (χ1v) is 3.75. The van der Waals surface area contributed by atoms with E-state index in [4.69, 9.17) is 0 Å². The van der Waals surface area contributed by atoms with Crippen molar-refractivity contribution in [3.05, 3.63) is 0 Å². The molecule has 0 bridgehead atoms. The number of rotatable bonds is 1. The van der Waals surface area contributed by atoms with Crippen molar-refractivity contribution in [1.29, 1.82) is 0 Å². The van der Waals surface area contributed by atoms with Gasteiger partial charge in [0.05, 0.1) is 0 Å². The Morgan fingerprint density at radius 2 is 2.56 bits per heavy atom. The predicted octanol–water partition coefficient (Wildman–Crippen LogP) is 0.394. The second-order valence-electron chi connectivity index (χ2n) is 2.43. The molecule has 1 atom stereocenters. The zero-order valence-electron chi connectivity index (χ0n) is 5.50. The minimum Gasteiger partial charge on any atom is -0.345 e. The SMILES string of the molecule is CN1CCC(CS)C1=O. The van der Waals surface area contributed by atoms with Crippen LogP contribution in [-0.4, -0.2) is 30.2 Å². The molecule has 0 saturated carbocycles. The number of thiol groups is 1. The van der Waals surface area contributed by atoms with E-state index in [1.165, 1.54) is 0 Å². The fourth-order valence-corrected chi connectivity index (χ4v) is 1.40. The minimum absolute atomic E-state index is 0.193. The number of amides is 1. The summed E-state index contributed by atoms with van der Waals surface area (Å²) in [6, 6.07) is 0. The van der Waals surface area contributed by atoms with E-state index in [-0.39, 0.29) is 11.8 Å². The van der Waals surface area contributed by atoms with Crippen molar-refractivity contribution in [3.63, 3.8) is 0 Å². The molecule has 0 aromatic heterocycles. The van der Waals surface area contributed by atoms with E-state index in [1.807, 2.05) is 7.05 Å². The number of nitrogens with zero attached hydrogens (tertiary/aromatic N) is 1. The predicted molar refractivity (Wildman–Crippen MR) is 39.6 cm³/mol. The molecule has 0 aliphatic carbocycles. The Bertz CT molecular complexity index is 126. The third kappa shape index (κ3) is 1.21. The van der Waals surface area contributed by atoms with Gasteiger partial charge in [-0.05, 0) is 6.42 Å². The molecule has 3 heteroatoms. The van der Waals surface area contributed by atoms with Crippen LogP contribution in [0.25, 0.3) is 0 Å². The second-order valence-corrected chi connectivity index (χ2v) is 2.79. The maximum atomic E-state index is 11.0. The van der Waals surface area contributed by atoms with Gasteiger partial charge in [0.15, 0.2) is 0 Å². The summed E-state index contributed by atoms with van der Waals surface area (Å²) in [5.41, 5.74) is 0. The summed E-state index contributed by atoms with van der Waals surface area (Å²) in [6.07, 6.45) is 0.985. The monoisotopic (exact) mass is 145 g/mol. The standard InChI is InChI=1S/C6H11NOS/c1-7-3-2-5(4-9)6(7)8/h5,9H,2-4H2,1H3. The molecule has 1 rings (SSSR count). The topological polar surface area (TPSA) is 20.3 Å². The molecule has 1 saturated heterocycles. The van der Waals surface area contributed by atoms with E-state index in [2.05, 4.69) is 12.6 Å². The zero-order valence-corrected chi connectivity index (χ0v) is 6.40. The molecule has 52 valence electrons. The van der Waals surface area contributed by atoms with Crippen molar-refractivity contribution in [2.24, 2.45) is 5.92 Å². The van der Waals surface area contributed by atoms with Crippen LogP contribution in [0.15, 0.2) is 0 Å². The van der Waals surface area contributed by atoms with Gasteiger partial charge in [-0.15, -0.1) is 0 Å². The second kappa shape index (κ2) is 2.60. The molecule has 9 heavy (non-hydrogen) atoms. The van der Waals surface area contributed by atoms with Crippen LogP contribution in [0.1, 0.15) is 6.42 Å². The van der Waals surface area contributed by atoms with Crippen molar-refractivity contribution in [2.75, 3.05) is 19.3 Å². The van der Waals surface area contributed by atoms with Crippen molar-refractivity contribution < 1.29 is 4.79 Å². The van der Waals surface area contributed by atoms with Crippen molar-refractivity contribution in [1.82, 2.24) is 4.90 Å². The number of hydrogen-bond acceptors (Lipinski definition) is 2. The van der Waals surface area contributed by atoms with Gasteiger partial charge in [-0.1, -0.05) is 0 Å². The van der Waals surface area contributed by atoms with E-state index in [9.17, 15) is 4.79 Å². The highest BCUT2D eigenvalue weighted by Crippen LogP contribution is 2.16. The number of carbonyl (C=O) groups is 1. The Morgan fingerprint density at radius 1 is 1.89 bits per heavy atom. The van der Waals surface area contributed by atoms with E-state index >= 15 is 0 Å². The lowest BCUT2D eigenvalue weighted by Gasteiger charge is -2.06. The van der Waals surface area contributed by atoms with E-state index < -0.39 is 0 Å². The van der Waals surface area contributed by atoms with E-state index in [0.717, 1.165) is 13.0 Å². The third-order valence-electron chi connectivity index (χ3n) is 1.76. The van der Waals surface area contributed by atoms with Crippen LogP contribution in [0.5, 0.6) is 0 Å².